The number of benzene rings is 1. The Bertz CT molecular complexity index is 417. The van der Waals surface area contributed by atoms with Gasteiger partial charge in [0.1, 0.15) is 0 Å². The Hall–Kier alpha value is -1.92. The van der Waals surface area contributed by atoms with E-state index in [0.29, 0.717) is 12.8 Å². The van der Waals surface area contributed by atoms with Crippen LogP contribution in [0.3, 0.4) is 0 Å². The fourth-order valence-electron chi connectivity index (χ4n) is 1.43. The van der Waals surface area contributed by atoms with Crippen molar-refractivity contribution in [1.82, 2.24) is 0 Å². The van der Waals surface area contributed by atoms with Crippen LogP contribution in [0.2, 0.25) is 0 Å². The molecule has 0 bridgehead atoms. The van der Waals surface area contributed by atoms with Gasteiger partial charge in [-0.15, -0.1) is 0 Å². The number of rotatable bonds is 6. The molecule has 0 saturated carbocycles. The topological polar surface area (TPSA) is 127 Å². The van der Waals surface area contributed by atoms with Crippen molar-refractivity contribution in [3.63, 3.8) is 0 Å². The number of hydrogen-bond acceptors (Lipinski definition) is 4. The van der Waals surface area contributed by atoms with Crippen LogP contribution >= 0.6 is 0 Å². The van der Waals surface area contributed by atoms with Crippen LogP contribution in [0.25, 0.3) is 0 Å². The Kier molecular flexibility index (Phi) is 8.98. The second-order valence-electron chi connectivity index (χ2n) is 4.43. The van der Waals surface area contributed by atoms with Crippen LogP contribution in [0.5, 0.6) is 0 Å². The summed E-state index contributed by atoms with van der Waals surface area (Å²) in [6.07, 6.45) is 0.670. The third kappa shape index (κ3) is 10.0. The number of unbranched alkanes of at least 4 members (excludes halogenated alkanes) is 1. The van der Waals surface area contributed by atoms with Gasteiger partial charge in [0, 0.05) is 12.8 Å². The molecule has 0 atom stereocenters. The average Bonchev–Trinajstić information content (AvgIpc) is 2.35. The molecule has 1 aromatic rings. The SMILES string of the molecule is Cc1cccc(C(N)N)c1.O=C(O)CCCCC(=O)O. The highest BCUT2D eigenvalue weighted by Gasteiger charge is 1.99. The number of carboxylic acid groups (broad SMARTS) is 2. The van der Waals surface area contributed by atoms with E-state index in [1.54, 1.807) is 0 Å². The monoisotopic (exact) mass is 282 g/mol. The molecule has 1 aromatic carbocycles. The second-order valence-corrected chi connectivity index (χ2v) is 4.43. The molecular weight excluding hydrogens is 260 g/mol. The smallest absolute Gasteiger partial charge is 0.303 e. The third-order valence-electron chi connectivity index (χ3n) is 2.46. The van der Waals surface area contributed by atoms with Gasteiger partial charge in [0.15, 0.2) is 0 Å². The maximum atomic E-state index is 9.90. The van der Waals surface area contributed by atoms with Crippen molar-refractivity contribution in [1.29, 1.82) is 0 Å². The molecule has 0 radical (unpaired) electrons. The lowest BCUT2D eigenvalue weighted by atomic mass is 10.1. The molecule has 1 rings (SSSR count). The zero-order valence-electron chi connectivity index (χ0n) is 11.6. The first-order valence-corrected chi connectivity index (χ1v) is 6.34. The van der Waals surface area contributed by atoms with Crippen LogP contribution in [0.15, 0.2) is 24.3 Å². The van der Waals surface area contributed by atoms with E-state index < -0.39 is 11.9 Å². The number of nitrogens with two attached hydrogens (primary N) is 2. The van der Waals surface area contributed by atoms with Crippen molar-refractivity contribution < 1.29 is 19.8 Å². The van der Waals surface area contributed by atoms with E-state index in [0.717, 1.165) is 5.56 Å². The summed E-state index contributed by atoms with van der Waals surface area (Å²) >= 11 is 0. The predicted octanol–water partition coefficient (Wildman–Crippen LogP) is 1.63. The first-order valence-electron chi connectivity index (χ1n) is 6.34. The van der Waals surface area contributed by atoms with E-state index in [9.17, 15) is 9.59 Å². The molecule has 0 unspecified atom stereocenters. The molecule has 0 aliphatic rings. The number of hydrogen-bond donors (Lipinski definition) is 4. The van der Waals surface area contributed by atoms with E-state index in [2.05, 4.69) is 0 Å². The van der Waals surface area contributed by atoms with Gasteiger partial charge >= 0.3 is 11.9 Å². The fraction of sp³-hybridized carbons (Fsp3) is 0.429. The standard InChI is InChI=1S/C8H12N2.C6H10O4/c1-6-3-2-4-7(5-6)8(9)10;7-5(8)3-1-2-4-6(9)10/h2-5,8H,9-10H2,1H3;1-4H2,(H,7,8)(H,9,10). The van der Waals surface area contributed by atoms with Gasteiger partial charge in [-0.1, -0.05) is 29.8 Å². The van der Waals surface area contributed by atoms with Crippen molar-refractivity contribution in [2.75, 3.05) is 0 Å². The van der Waals surface area contributed by atoms with Crippen LogP contribution in [0.4, 0.5) is 0 Å². The minimum absolute atomic E-state index is 0.0628. The zero-order valence-corrected chi connectivity index (χ0v) is 11.6. The van der Waals surface area contributed by atoms with Crippen molar-refractivity contribution in [2.24, 2.45) is 11.5 Å². The molecule has 0 amide bonds. The van der Waals surface area contributed by atoms with E-state index in [-0.39, 0.29) is 19.0 Å². The summed E-state index contributed by atoms with van der Waals surface area (Å²) in [7, 11) is 0. The normalized spacial score (nSPS) is 9.80. The molecule has 0 saturated heterocycles. The molecule has 0 aliphatic heterocycles. The van der Waals surface area contributed by atoms with Crippen LogP contribution in [0, 0.1) is 6.92 Å². The molecular formula is C14H22N2O4. The summed E-state index contributed by atoms with van der Waals surface area (Å²) in [4.78, 5) is 19.8. The van der Waals surface area contributed by atoms with Gasteiger partial charge in [-0.3, -0.25) is 9.59 Å². The van der Waals surface area contributed by atoms with Crippen molar-refractivity contribution >= 4 is 11.9 Å². The molecule has 0 aliphatic carbocycles. The van der Waals surface area contributed by atoms with Gasteiger partial charge in [0.05, 0.1) is 6.17 Å². The highest BCUT2D eigenvalue weighted by Crippen LogP contribution is 2.06. The number of carboxylic acids is 2. The van der Waals surface area contributed by atoms with Gasteiger partial charge in [0.2, 0.25) is 0 Å². The molecule has 0 aromatic heterocycles. The summed E-state index contributed by atoms with van der Waals surface area (Å²) in [6.45, 7) is 2.02. The first kappa shape index (κ1) is 18.1. The molecule has 20 heavy (non-hydrogen) atoms. The van der Waals surface area contributed by atoms with Gasteiger partial charge < -0.3 is 21.7 Å². The van der Waals surface area contributed by atoms with E-state index in [4.69, 9.17) is 21.7 Å². The summed E-state index contributed by atoms with van der Waals surface area (Å²) in [6, 6.07) is 7.89. The van der Waals surface area contributed by atoms with Crippen LogP contribution in [0.1, 0.15) is 43.0 Å². The number of aryl methyl sites for hydroxylation is 1. The Morgan fingerprint density at radius 3 is 1.90 bits per heavy atom. The lowest BCUT2D eigenvalue weighted by Gasteiger charge is -2.04. The molecule has 0 fully saturated rings. The minimum atomic E-state index is -0.870. The van der Waals surface area contributed by atoms with Gasteiger partial charge in [-0.25, -0.2) is 0 Å². The third-order valence-corrected chi connectivity index (χ3v) is 2.46. The Labute approximate surface area is 118 Å². The van der Waals surface area contributed by atoms with Crippen molar-refractivity contribution in [2.45, 2.75) is 38.8 Å². The van der Waals surface area contributed by atoms with Crippen molar-refractivity contribution in [3.8, 4) is 0 Å². The summed E-state index contributed by atoms with van der Waals surface area (Å²) in [5.74, 6) is -1.74. The van der Waals surface area contributed by atoms with Gasteiger partial charge in [-0.05, 0) is 25.3 Å². The molecule has 112 valence electrons. The molecule has 0 heterocycles. The molecule has 0 spiro atoms. The maximum Gasteiger partial charge on any atom is 0.303 e. The fourth-order valence-corrected chi connectivity index (χ4v) is 1.43. The maximum absolute atomic E-state index is 9.90. The lowest BCUT2D eigenvalue weighted by Crippen LogP contribution is -2.19. The second kappa shape index (κ2) is 9.94. The largest absolute Gasteiger partial charge is 0.481 e. The van der Waals surface area contributed by atoms with Crippen molar-refractivity contribution in [3.05, 3.63) is 35.4 Å². The van der Waals surface area contributed by atoms with Crippen LogP contribution < -0.4 is 11.5 Å². The summed E-state index contributed by atoms with van der Waals surface area (Å²) < 4.78 is 0. The predicted molar refractivity (Wildman–Crippen MR) is 76.0 cm³/mol. The Morgan fingerprint density at radius 2 is 1.60 bits per heavy atom. The quantitative estimate of drug-likeness (QED) is 0.464. The van der Waals surface area contributed by atoms with Crippen LogP contribution in [-0.4, -0.2) is 22.2 Å². The van der Waals surface area contributed by atoms with Gasteiger partial charge in [0.25, 0.3) is 0 Å². The van der Waals surface area contributed by atoms with Crippen LogP contribution in [-0.2, 0) is 9.59 Å². The summed E-state index contributed by atoms with van der Waals surface area (Å²) in [5, 5.41) is 16.3. The van der Waals surface area contributed by atoms with E-state index >= 15 is 0 Å². The Balaban J connectivity index is 0.000000361. The average molecular weight is 282 g/mol. The highest BCUT2D eigenvalue weighted by molar-refractivity contribution is 5.67. The summed E-state index contributed by atoms with van der Waals surface area (Å²) in [5.41, 5.74) is 13.1. The van der Waals surface area contributed by atoms with E-state index in [1.807, 2.05) is 31.2 Å². The molecule has 6 nitrogen and oxygen atoms in total. The zero-order chi connectivity index (χ0) is 15.5. The highest BCUT2D eigenvalue weighted by atomic mass is 16.4. The lowest BCUT2D eigenvalue weighted by molar-refractivity contribution is -0.139. The number of aliphatic carboxylic acids is 2. The Morgan fingerprint density at radius 1 is 1.10 bits per heavy atom. The first-order chi connectivity index (χ1) is 9.32. The van der Waals surface area contributed by atoms with Gasteiger partial charge in [-0.2, -0.15) is 0 Å². The number of carbonyl (C=O) groups is 2. The van der Waals surface area contributed by atoms with E-state index in [1.165, 1.54) is 5.56 Å². The molecule has 6 N–H and O–H groups in total. The minimum Gasteiger partial charge on any atom is -0.481 e. The molecule has 6 heteroatoms.